The van der Waals surface area contributed by atoms with E-state index < -0.39 is 54.7 Å². The second-order valence-electron chi connectivity index (χ2n) is 8.84. The molecule has 1 aromatic carbocycles. The van der Waals surface area contributed by atoms with Crippen molar-refractivity contribution in [3.05, 3.63) is 28.2 Å². The molecule has 3 N–H and O–H groups in total. The number of amides is 3. The molecule has 13 nitrogen and oxygen atoms in total. The summed E-state index contributed by atoms with van der Waals surface area (Å²) in [6.07, 6.45) is 1.05. The molecule has 1 aliphatic heterocycles. The van der Waals surface area contributed by atoms with Gasteiger partial charge < -0.3 is 20.6 Å². The molecule has 2 aromatic rings. The van der Waals surface area contributed by atoms with Crippen molar-refractivity contribution in [1.29, 1.82) is 0 Å². The largest absolute Gasteiger partial charge is 0.481 e. The number of benzene rings is 1. The molecule has 39 heavy (non-hydrogen) atoms. The highest BCUT2D eigenvalue weighted by molar-refractivity contribution is 7.99. The number of aliphatic carboxylic acids is 1. The first-order valence-corrected chi connectivity index (χ1v) is 13.6. The highest BCUT2D eigenvalue weighted by Gasteiger charge is 2.35. The van der Waals surface area contributed by atoms with Crippen LogP contribution in [0.5, 0.6) is 0 Å². The fourth-order valence-corrected chi connectivity index (χ4v) is 5.29. The van der Waals surface area contributed by atoms with Gasteiger partial charge in [0, 0.05) is 13.5 Å². The number of carboxylic acids is 1. The van der Waals surface area contributed by atoms with E-state index in [1.54, 1.807) is 18.2 Å². The normalized spacial score (nSPS) is 17.2. The Balaban J connectivity index is 1.68. The highest BCUT2D eigenvalue weighted by Crippen LogP contribution is 2.36. The lowest BCUT2D eigenvalue weighted by Gasteiger charge is -2.30. The van der Waals surface area contributed by atoms with E-state index in [1.807, 2.05) is 0 Å². The molecule has 210 valence electrons. The number of nitrogens with one attached hydrogen (secondary N) is 2. The van der Waals surface area contributed by atoms with E-state index in [-0.39, 0.29) is 17.6 Å². The van der Waals surface area contributed by atoms with Gasteiger partial charge in [-0.3, -0.25) is 24.0 Å². The summed E-state index contributed by atoms with van der Waals surface area (Å²) >= 11 is 13.4. The van der Waals surface area contributed by atoms with Gasteiger partial charge in [-0.1, -0.05) is 29.3 Å². The number of hydrogen-bond acceptors (Lipinski definition) is 9. The first kappa shape index (κ1) is 30.3. The lowest BCUT2D eigenvalue weighted by atomic mass is 10.1. The summed E-state index contributed by atoms with van der Waals surface area (Å²) in [5.74, 6) is -3.47. The minimum absolute atomic E-state index is 0.152. The quantitative estimate of drug-likeness (QED) is 0.343. The molecule has 1 aromatic heterocycles. The molecule has 3 rings (SSSR count). The lowest BCUT2D eigenvalue weighted by molar-refractivity contribution is -0.144. The molecule has 0 saturated carbocycles. The van der Waals surface area contributed by atoms with Crippen LogP contribution in [0.25, 0.3) is 0 Å². The molecule has 2 heterocycles. The predicted octanol–water partition coefficient (Wildman–Crippen LogP) is 1.57. The third-order valence-electron chi connectivity index (χ3n) is 5.88. The number of rotatable bonds is 11. The maximum Gasteiger partial charge on any atom is 0.305 e. The van der Waals surface area contributed by atoms with E-state index in [9.17, 15) is 29.1 Å². The maximum atomic E-state index is 13.0. The van der Waals surface area contributed by atoms with E-state index in [0.717, 1.165) is 16.6 Å². The molecule has 3 atom stereocenters. The van der Waals surface area contributed by atoms with Crippen molar-refractivity contribution < 1.29 is 29.1 Å². The molecule has 0 spiro atoms. The Bertz CT molecular complexity index is 1240. The average Bonchev–Trinajstić information content (AvgIpc) is 3.22. The van der Waals surface area contributed by atoms with Crippen LogP contribution in [-0.2, 0) is 30.5 Å². The van der Waals surface area contributed by atoms with Crippen LogP contribution in [0.2, 0.25) is 10.0 Å². The molecule has 0 aliphatic carbocycles. The van der Waals surface area contributed by atoms with E-state index >= 15 is 0 Å². The highest BCUT2D eigenvalue weighted by atomic mass is 35.5. The van der Waals surface area contributed by atoms with Crippen LogP contribution in [0.15, 0.2) is 28.3 Å². The number of tetrazole rings is 1. The first-order valence-electron chi connectivity index (χ1n) is 12.0. The summed E-state index contributed by atoms with van der Waals surface area (Å²) in [5, 5.41) is 27.1. The van der Waals surface area contributed by atoms with Gasteiger partial charge >= 0.3 is 5.97 Å². The van der Waals surface area contributed by atoms with Crippen molar-refractivity contribution in [3.63, 3.8) is 0 Å². The van der Waals surface area contributed by atoms with Gasteiger partial charge in [0.1, 0.15) is 24.7 Å². The number of likely N-dealkylation sites (tertiary alicyclic amines) is 1. The van der Waals surface area contributed by atoms with Crippen LogP contribution in [0.1, 0.15) is 39.5 Å². The van der Waals surface area contributed by atoms with Crippen molar-refractivity contribution in [2.24, 2.45) is 0 Å². The van der Waals surface area contributed by atoms with E-state index in [2.05, 4.69) is 26.0 Å². The summed E-state index contributed by atoms with van der Waals surface area (Å²) in [7, 11) is 0. The van der Waals surface area contributed by atoms with Crippen LogP contribution >= 0.6 is 35.0 Å². The third-order valence-corrected chi connectivity index (χ3v) is 7.72. The van der Waals surface area contributed by atoms with Gasteiger partial charge in [0.2, 0.25) is 22.9 Å². The van der Waals surface area contributed by atoms with E-state index in [4.69, 9.17) is 23.2 Å². The van der Waals surface area contributed by atoms with Crippen molar-refractivity contribution in [2.45, 2.75) is 74.3 Å². The maximum absolute atomic E-state index is 13.0. The molecule has 16 heteroatoms. The monoisotopic (exact) mass is 599 g/mol. The Kier molecular flexibility index (Phi) is 10.7. The average molecular weight is 600 g/mol. The number of halogens is 2. The molecule has 1 saturated heterocycles. The second-order valence-corrected chi connectivity index (χ2v) is 10.6. The number of hydrogen-bond donors (Lipinski definition) is 3. The summed E-state index contributed by atoms with van der Waals surface area (Å²) in [5.41, 5.74) is 0. The zero-order valence-electron chi connectivity index (χ0n) is 21.1. The standard InChI is InChI=1S/C23H27Cl2N7O6S/c1-12(31-9-4-3-8-16(22(31)38)26-13(2)33)21(37)27-17(10-19(35)36)18(34)11-32-29-23(28-30-32)39-20-14(24)6-5-7-15(20)25/h5-7,12,16-17H,3-4,8-11H2,1-2H3,(H,26,33)(H,27,37)(H,35,36). The van der Waals surface area contributed by atoms with Crippen LogP contribution in [0.3, 0.4) is 0 Å². The zero-order chi connectivity index (χ0) is 28.7. The van der Waals surface area contributed by atoms with Crippen LogP contribution in [0.4, 0.5) is 0 Å². The predicted molar refractivity (Wildman–Crippen MR) is 140 cm³/mol. The summed E-state index contributed by atoms with van der Waals surface area (Å²) in [6, 6.07) is 1.78. The minimum atomic E-state index is -1.41. The fraction of sp³-hybridized carbons (Fsp3) is 0.478. The number of aromatic nitrogens is 4. The molecule has 3 amide bonds. The molecule has 3 unspecified atom stereocenters. The number of nitrogens with zero attached hydrogens (tertiary/aromatic N) is 5. The fourth-order valence-electron chi connectivity index (χ4n) is 3.94. The van der Waals surface area contributed by atoms with Crippen molar-refractivity contribution in [3.8, 4) is 0 Å². The Labute approximate surface area is 237 Å². The second kappa shape index (κ2) is 13.7. The van der Waals surface area contributed by atoms with Gasteiger partial charge in [-0.25, -0.2) is 0 Å². The zero-order valence-corrected chi connectivity index (χ0v) is 23.4. The number of ketones is 1. The third kappa shape index (κ3) is 8.38. The smallest absolute Gasteiger partial charge is 0.305 e. The summed E-state index contributed by atoms with van der Waals surface area (Å²) in [6.45, 7) is 2.59. The Morgan fingerprint density at radius 1 is 1.21 bits per heavy atom. The van der Waals surface area contributed by atoms with Crippen LogP contribution in [-0.4, -0.2) is 84.4 Å². The summed E-state index contributed by atoms with van der Waals surface area (Å²) in [4.78, 5) is 64.7. The van der Waals surface area contributed by atoms with E-state index in [1.165, 1.54) is 18.7 Å². The van der Waals surface area contributed by atoms with E-state index in [0.29, 0.717) is 34.2 Å². The van der Waals surface area contributed by atoms with Gasteiger partial charge in [-0.05, 0) is 55.3 Å². The van der Waals surface area contributed by atoms with Crippen molar-refractivity contribution >= 4 is 64.4 Å². The van der Waals surface area contributed by atoms with Gasteiger partial charge in [-0.15, -0.1) is 10.2 Å². The minimum Gasteiger partial charge on any atom is -0.481 e. The summed E-state index contributed by atoms with van der Waals surface area (Å²) < 4.78 is 0. The van der Waals surface area contributed by atoms with Crippen molar-refractivity contribution in [2.75, 3.05) is 6.54 Å². The molecule has 1 fully saturated rings. The number of carbonyl (C=O) groups is 5. The first-order chi connectivity index (χ1) is 18.5. The Hall–Kier alpha value is -3.23. The molecular formula is C23H27Cl2N7O6S. The Morgan fingerprint density at radius 3 is 2.54 bits per heavy atom. The molecule has 0 radical (unpaired) electrons. The van der Waals surface area contributed by atoms with Gasteiger partial charge in [0.25, 0.3) is 0 Å². The lowest BCUT2D eigenvalue weighted by Crippen LogP contribution is -2.56. The molecule has 1 aliphatic rings. The van der Waals surface area contributed by atoms with Gasteiger partial charge in [0.15, 0.2) is 5.78 Å². The van der Waals surface area contributed by atoms with Gasteiger partial charge in [-0.2, -0.15) is 4.80 Å². The SMILES string of the molecule is CC(=O)NC1CCCCN(C(C)C(=O)NC(CC(=O)O)C(=O)Cn2nnc(Sc3c(Cl)cccc3Cl)n2)C1=O. The van der Waals surface area contributed by atoms with Crippen molar-refractivity contribution in [1.82, 2.24) is 35.7 Å². The van der Waals surface area contributed by atoms with Crippen LogP contribution < -0.4 is 10.6 Å². The van der Waals surface area contributed by atoms with Crippen LogP contribution in [0, 0.1) is 0 Å². The Morgan fingerprint density at radius 2 is 1.90 bits per heavy atom. The van der Waals surface area contributed by atoms with Gasteiger partial charge in [0.05, 0.1) is 21.4 Å². The molecular weight excluding hydrogens is 573 g/mol. The number of carbonyl (C=O) groups excluding carboxylic acids is 4. The topological polar surface area (TPSA) is 176 Å². The molecule has 0 bridgehead atoms. The number of Topliss-reactive ketones (excluding diaryl/α,β-unsaturated/α-hetero) is 1. The number of carboxylic acid groups (broad SMARTS) is 1.